The van der Waals surface area contributed by atoms with E-state index in [1.807, 2.05) is 0 Å². The van der Waals surface area contributed by atoms with E-state index in [9.17, 15) is 14.3 Å². The molecular formula is C29H29ClF3N3O3. The Hall–Kier alpha value is -3.14. The second-order valence-corrected chi connectivity index (χ2v) is 10.5. The van der Waals surface area contributed by atoms with Gasteiger partial charge in [-0.2, -0.15) is 8.78 Å². The zero-order valence-electron chi connectivity index (χ0n) is 21.3. The first-order valence-corrected chi connectivity index (χ1v) is 13.3. The highest BCUT2D eigenvalue weighted by Crippen LogP contribution is 2.39. The Bertz CT molecular complexity index is 1330. The van der Waals surface area contributed by atoms with Crippen LogP contribution in [0.5, 0.6) is 5.75 Å². The molecular weight excluding hydrogens is 531 g/mol. The van der Waals surface area contributed by atoms with Crippen molar-refractivity contribution in [2.75, 3.05) is 13.1 Å². The van der Waals surface area contributed by atoms with E-state index in [4.69, 9.17) is 16.3 Å². The molecule has 1 aliphatic carbocycles. The highest BCUT2D eigenvalue weighted by atomic mass is 35.5. The number of carbonyl (C=O) groups excluding carboxylic acids is 1. The third-order valence-corrected chi connectivity index (χ3v) is 7.56. The van der Waals surface area contributed by atoms with Crippen molar-refractivity contribution in [3.05, 3.63) is 82.9 Å². The number of amides is 1. The van der Waals surface area contributed by atoms with E-state index in [1.165, 1.54) is 43.5 Å². The average molecular weight is 560 g/mol. The Morgan fingerprint density at radius 3 is 2.36 bits per heavy atom. The molecule has 2 heterocycles. The predicted molar refractivity (Wildman–Crippen MR) is 141 cm³/mol. The van der Waals surface area contributed by atoms with Gasteiger partial charge in [-0.05, 0) is 68.5 Å². The van der Waals surface area contributed by atoms with Crippen LogP contribution in [0.1, 0.15) is 43.9 Å². The molecule has 1 aromatic heterocycles. The lowest BCUT2D eigenvalue weighted by Gasteiger charge is -2.42. The fourth-order valence-corrected chi connectivity index (χ4v) is 5.08. The van der Waals surface area contributed by atoms with Gasteiger partial charge in [0.2, 0.25) is 0 Å². The van der Waals surface area contributed by atoms with Crippen molar-refractivity contribution >= 4 is 17.5 Å². The zero-order valence-corrected chi connectivity index (χ0v) is 22.1. The van der Waals surface area contributed by atoms with Crippen molar-refractivity contribution in [1.82, 2.24) is 15.2 Å². The number of rotatable bonds is 9. The summed E-state index contributed by atoms with van der Waals surface area (Å²) in [7, 11) is 0. The molecule has 1 amide bonds. The number of likely N-dealkylation sites (tertiary alicyclic amines) is 1. The number of halogens is 4. The first-order chi connectivity index (χ1) is 18.6. The van der Waals surface area contributed by atoms with Crippen LogP contribution in [0.25, 0.3) is 11.1 Å². The van der Waals surface area contributed by atoms with Crippen molar-refractivity contribution in [1.29, 1.82) is 0 Å². The average Bonchev–Trinajstić information content (AvgIpc) is 3.57. The molecule has 0 unspecified atom stereocenters. The summed E-state index contributed by atoms with van der Waals surface area (Å²) in [5.41, 5.74) is -1.07. The minimum Gasteiger partial charge on any atom is -0.489 e. The van der Waals surface area contributed by atoms with Gasteiger partial charge in [0, 0.05) is 30.4 Å². The lowest BCUT2D eigenvalue weighted by Crippen LogP contribution is -2.59. The quantitative estimate of drug-likeness (QED) is 0.356. The molecule has 3 aromatic rings. The Labute approximate surface area is 229 Å². The molecule has 2 fully saturated rings. The van der Waals surface area contributed by atoms with E-state index in [0.29, 0.717) is 40.6 Å². The molecule has 206 valence electrons. The molecule has 0 bridgehead atoms. The second kappa shape index (κ2) is 10.8. The molecule has 6 nitrogen and oxygen atoms in total. The minimum absolute atomic E-state index is 0.129. The summed E-state index contributed by atoms with van der Waals surface area (Å²) in [6, 6.07) is 11.7. The van der Waals surface area contributed by atoms with Crippen LogP contribution in [0.3, 0.4) is 0 Å². The highest BCUT2D eigenvalue weighted by Gasteiger charge is 2.48. The summed E-state index contributed by atoms with van der Waals surface area (Å²) in [4.78, 5) is 18.5. The molecule has 10 heteroatoms. The number of nitrogens with zero attached hydrogens (tertiary/aromatic N) is 2. The fraction of sp³-hybridized carbons (Fsp3) is 0.379. The van der Waals surface area contributed by atoms with Gasteiger partial charge in [0.05, 0.1) is 17.2 Å². The second-order valence-electron chi connectivity index (χ2n) is 10.1. The molecule has 1 aliphatic heterocycles. The number of hydrogen-bond donors (Lipinski definition) is 2. The maximum Gasteiger partial charge on any atom is 0.366 e. The first-order valence-electron chi connectivity index (χ1n) is 12.9. The normalized spacial score (nSPS) is 18.4. The van der Waals surface area contributed by atoms with E-state index >= 15 is 8.78 Å². The number of aromatic nitrogens is 1. The van der Waals surface area contributed by atoms with Crippen LogP contribution in [0.2, 0.25) is 5.02 Å². The Balaban J connectivity index is 1.36. The van der Waals surface area contributed by atoms with Crippen molar-refractivity contribution in [2.45, 2.75) is 56.4 Å². The number of carbonyl (C=O) groups is 1. The van der Waals surface area contributed by atoms with Crippen LogP contribution in [0.15, 0.2) is 60.8 Å². The number of alkyl halides is 2. The van der Waals surface area contributed by atoms with Crippen LogP contribution >= 0.6 is 11.6 Å². The Morgan fingerprint density at radius 2 is 1.77 bits per heavy atom. The third kappa shape index (κ3) is 5.62. The molecule has 1 saturated carbocycles. The standard InChI is InChI=1S/C29H29ClF3N3O3/c1-18(29(38,36-14-2-3-15-36)21-7-12-25(24(30)16-21)39-23-10-11-23)35-27(37)28(32,33)26-13-6-20(17-34-26)19-4-8-22(31)9-5-19/h4-9,12-13,16-18,23,38H,2-3,10-11,14-15H2,1H3,(H,35,37)/t18-,29+/m1/s1. The molecule has 5 rings (SSSR count). The summed E-state index contributed by atoms with van der Waals surface area (Å²) in [5.74, 6) is -5.49. The van der Waals surface area contributed by atoms with Crippen LogP contribution in [-0.4, -0.2) is 46.1 Å². The first kappa shape index (κ1) is 27.4. The van der Waals surface area contributed by atoms with Gasteiger partial charge >= 0.3 is 5.92 Å². The number of ether oxygens (including phenoxy) is 1. The van der Waals surface area contributed by atoms with E-state index in [2.05, 4.69) is 10.3 Å². The molecule has 1 saturated heterocycles. The van der Waals surface area contributed by atoms with Crippen molar-refractivity contribution in [3.8, 4) is 16.9 Å². The summed E-state index contributed by atoms with van der Waals surface area (Å²) >= 11 is 6.45. The molecule has 39 heavy (non-hydrogen) atoms. The minimum atomic E-state index is -3.97. The number of benzene rings is 2. The van der Waals surface area contributed by atoms with Gasteiger partial charge in [0.1, 0.15) is 17.3 Å². The molecule has 0 radical (unpaired) electrons. The lowest BCUT2D eigenvalue weighted by atomic mass is 9.93. The third-order valence-electron chi connectivity index (χ3n) is 7.26. The maximum atomic E-state index is 15.3. The molecule has 2 aliphatic rings. The summed E-state index contributed by atoms with van der Waals surface area (Å²) in [5, 5.41) is 14.6. The number of hydrogen-bond acceptors (Lipinski definition) is 5. The van der Waals surface area contributed by atoms with Crippen molar-refractivity contribution in [2.24, 2.45) is 0 Å². The van der Waals surface area contributed by atoms with Crippen molar-refractivity contribution in [3.63, 3.8) is 0 Å². The molecule has 0 spiro atoms. The highest BCUT2D eigenvalue weighted by molar-refractivity contribution is 6.32. The number of pyridine rings is 1. The molecule has 2 atom stereocenters. The van der Waals surface area contributed by atoms with Crippen LogP contribution in [-0.2, 0) is 16.4 Å². The van der Waals surface area contributed by atoms with Crippen LogP contribution < -0.4 is 10.1 Å². The largest absolute Gasteiger partial charge is 0.489 e. The Morgan fingerprint density at radius 1 is 1.10 bits per heavy atom. The van der Waals surface area contributed by atoms with Gasteiger partial charge in [0.25, 0.3) is 5.91 Å². The molecule has 2 aromatic carbocycles. The monoisotopic (exact) mass is 559 g/mol. The SMILES string of the molecule is C[C@@H](NC(=O)C(F)(F)c1ccc(-c2ccc(F)cc2)cn1)[C@](O)(c1ccc(OC2CC2)c(Cl)c1)N1CCCC1. The zero-order chi connectivity index (χ0) is 27.8. The summed E-state index contributed by atoms with van der Waals surface area (Å²) in [6.45, 7) is 2.54. The predicted octanol–water partition coefficient (Wildman–Crippen LogP) is 5.62. The lowest BCUT2D eigenvalue weighted by molar-refractivity contribution is -0.159. The van der Waals surface area contributed by atoms with Crippen LogP contribution in [0, 0.1) is 5.82 Å². The van der Waals surface area contributed by atoms with E-state index in [0.717, 1.165) is 31.7 Å². The smallest absolute Gasteiger partial charge is 0.366 e. The fourth-order valence-electron chi connectivity index (χ4n) is 4.85. The van der Waals surface area contributed by atoms with E-state index < -0.39 is 35.1 Å². The van der Waals surface area contributed by atoms with Gasteiger partial charge in [-0.15, -0.1) is 0 Å². The number of nitrogens with one attached hydrogen (secondary N) is 1. The molecule has 2 N–H and O–H groups in total. The summed E-state index contributed by atoms with van der Waals surface area (Å²) < 4.78 is 49.5. The van der Waals surface area contributed by atoms with Gasteiger partial charge in [-0.3, -0.25) is 14.7 Å². The van der Waals surface area contributed by atoms with Crippen molar-refractivity contribution < 1.29 is 27.8 Å². The van der Waals surface area contributed by atoms with E-state index in [1.54, 1.807) is 23.1 Å². The Kier molecular flexibility index (Phi) is 7.59. The summed E-state index contributed by atoms with van der Waals surface area (Å²) in [6.07, 6.45) is 4.89. The topological polar surface area (TPSA) is 74.7 Å². The van der Waals surface area contributed by atoms with Gasteiger partial charge in [-0.1, -0.05) is 35.9 Å². The van der Waals surface area contributed by atoms with Gasteiger partial charge < -0.3 is 15.2 Å². The van der Waals surface area contributed by atoms with Gasteiger partial charge in [0.15, 0.2) is 5.72 Å². The number of aliphatic hydroxyl groups is 1. The maximum absolute atomic E-state index is 15.3. The van der Waals surface area contributed by atoms with Crippen LogP contribution in [0.4, 0.5) is 13.2 Å². The van der Waals surface area contributed by atoms with Gasteiger partial charge in [-0.25, -0.2) is 4.39 Å². The van der Waals surface area contributed by atoms with E-state index in [-0.39, 0.29) is 6.10 Å².